The molecule has 1 atom stereocenters. The number of fused-ring (bicyclic) bond motifs is 1. The number of carbonyl (C=O) groups excluding carboxylic acids is 1. The van der Waals surface area contributed by atoms with Gasteiger partial charge in [-0.3, -0.25) is 14.2 Å². The first-order valence-electron chi connectivity index (χ1n) is 10.2. The van der Waals surface area contributed by atoms with Gasteiger partial charge in [0.25, 0.3) is 5.56 Å². The molecule has 4 aromatic rings. The lowest BCUT2D eigenvalue weighted by molar-refractivity contribution is -0.119. The van der Waals surface area contributed by atoms with Crippen LogP contribution in [0.1, 0.15) is 24.1 Å². The van der Waals surface area contributed by atoms with Gasteiger partial charge in [-0.05, 0) is 36.2 Å². The Morgan fingerprint density at radius 2 is 1.75 bits per heavy atom. The third-order valence-corrected chi connectivity index (χ3v) is 6.29. The smallest absolute Gasteiger partial charge is 0.262 e. The first kappa shape index (κ1) is 22.1. The van der Waals surface area contributed by atoms with Gasteiger partial charge in [0.05, 0.1) is 29.2 Å². The zero-order chi connectivity index (χ0) is 22.5. The maximum atomic E-state index is 13.2. The number of aromatic nitrogens is 2. The predicted molar refractivity (Wildman–Crippen MR) is 130 cm³/mol. The Balaban J connectivity index is 1.59. The Labute approximate surface area is 195 Å². The zero-order valence-electron chi connectivity index (χ0n) is 17.5. The summed E-state index contributed by atoms with van der Waals surface area (Å²) in [6, 6.07) is 24.4. The van der Waals surface area contributed by atoms with E-state index < -0.39 is 0 Å². The molecule has 4 rings (SSSR count). The molecular formula is C25H22ClN3O2S. The molecule has 0 unspecified atom stereocenters. The lowest BCUT2D eigenvalue weighted by atomic mass is 10.1. The number of carbonyl (C=O) groups is 1. The Morgan fingerprint density at radius 1 is 1.06 bits per heavy atom. The lowest BCUT2D eigenvalue weighted by Crippen LogP contribution is -2.29. The van der Waals surface area contributed by atoms with Crippen LogP contribution < -0.4 is 10.9 Å². The predicted octanol–water partition coefficient (Wildman–Crippen LogP) is 5.07. The lowest BCUT2D eigenvalue weighted by Gasteiger charge is -2.16. The summed E-state index contributed by atoms with van der Waals surface area (Å²) in [6.45, 7) is 2.31. The normalized spacial score (nSPS) is 11.9. The molecule has 0 aliphatic carbocycles. The van der Waals surface area contributed by atoms with Crippen molar-refractivity contribution in [1.82, 2.24) is 14.9 Å². The number of thioether (sulfide) groups is 1. The second kappa shape index (κ2) is 10.0. The highest BCUT2D eigenvalue weighted by atomic mass is 35.5. The highest BCUT2D eigenvalue weighted by Crippen LogP contribution is 2.22. The molecule has 0 saturated carbocycles. The molecule has 1 aromatic heterocycles. The first-order chi connectivity index (χ1) is 15.5. The monoisotopic (exact) mass is 463 g/mol. The van der Waals surface area contributed by atoms with Crippen LogP contribution in [0.5, 0.6) is 0 Å². The van der Waals surface area contributed by atoms with Crippen LogP contribution in [0.25, 0.3) is 10.9 Å². The van der Waals surface area contributed by atoms with Crippen LogP contribution in [0.4, 0.5) is 0 Å². The van der Waals surface area contributed by atoms with E-state index in [0.29, 0.717) is 27.6 Å². The molecule has 0 bridgehead atoms. The molecule has 162 valence electrons. The third kappa shape index (κ3) is 5.21. The maximum Gasteiger partial charge on any atom is 0.262 e. The van der Waals surface area contributed by atoms with Crippen LogP contribution in [0.3, 0.4) is 0 Å². The molecular weight excluding hydrogens is 442 g/mol. The molecule has 32 heavy (non-hydrogen) atoms. The van der Waals surface area contributed by atoms with Crippen molar-refractivity contribution in [3.8, 4) is 0 Å². The average Bonchev–Trinajstić information content (AvgIpc) is 2.81. The van der Waals surface area contributed by atoms with E-state index in [2.05, 4.69) is 10.3 Å². The van der Waals surface area contributed by atoms with Crippen molar-refractivity contribution >= 4 is 40.2 Å². The minimum Gasteiger partial charge on any atom is -0.349 e. The van der Waals surface area contributed by atoms with E-state index in [1.165, 1.54) is 11.8 Å². The molecule has 7 heteroatoms. The molecule has 1 heterocycles. The number of benzene rings is 3. The Morgan fingerprint density at radius 3 is 2.47 bits per heavy atom. The van der Waals surface area contributed by atoms with Crippen LogP contribution in [0, 0.1) is 0 Å². The molecule has 0 radical (unpaired) electrons. The molecule has 1 amide bonds. The molecule has 0 aliphatic heterocycles. The molecule has 0 saturated heterocycles. The number of hydrogen-bond donors (Lipinski definition) is 1. The van der Waals surface area contributed by atoms with Crippen LogP contribution in [-0.4, -0.2) is 21.2 Å². The second-order valence-corrected chi connectivity index (χ2v) is 8.80. The minimum atomic E-state index is -0.156. The maximum absolute atomic E-state index is 13.2. The van der Waals surface area contributed by atoms with Gasteiger partial charge >= 0.3 is 0 Å². The van der Waals surface area contributed by atoms with Gasteiger partial charge in [0.1, 0.15) is 0 Å². The van der Waals surface area contributed by atoms with Gasteiger partial charge in [-0.25, -0.2) is 4.98 Å². The number of nitrogens with zero attached hydrogens (tertiary/aromatic N) is 2. The van der Waals surface area contributed by atoms with E-state index in [1.807, 2.05) is 67.6 Å². The molecule has 5 nitrogen and oxygen atoms in total. The summed E-state index contributed by atoms with van der Waals surface area (Å²) in [7, 11) is 0. The number of halogens is 1. The van der Waals surface area contributed by atoms with Gasteiger partial charge in [-0.2, -0.15) is 0 Å². The van der Waals surface area contributed by atoms with Crippen LogP contribution >= 0.6 is 23.4 Å². The topological polar surface area (TPSA) is 64.0 Å². The summed E-state index contributed by atoms with van der Waals surface area (Å²) in [5, 5.41) is 4.49. The van der Waals surface area contributed by atoms with Gasteiger partial charge in [-0.15, -0.1) is 0 Å². The van der Waals surface area contributed by atoms with Gasteiger partial charge < -0.3 is 5.32 Å². The van der Waals surface area contributed by atoms with Crippen molar-refractivity contribution in [2.45, 2.75) is 24.7 Å². The van der Waals surface area contributed by atoms with Crippen molar-refractivity contribution in [3.05, 3.63) is 105 Å². The fourth-order valence-corrected chi connectivity index (χ4v) is 4.40. The van der Waals surface area contributed by atoms with Gasteiger partial charge in [0.2, 0.25) is 5.91 Å². The molecule has 0 aliphatic rings. The molecule has 0 spiro atoms. The van der Waals surface area contributed by atoms with Crippen molar-refractivity contribution in [2.24, 2.45) is 0 Å². The summed E-state index contributed by atoms with van der Waals surface area (Å²) in [6.07, 6.45) is 0. The fraction of sp³-hybridized carbons (Fsp3) is 0.160. The van der Waals surface area contributed by atoms with E-state index in [9.17, 15) is 9.59 Å². The SMILES string of the molecule is C[C@@H](NC(=O)CSc1nc2cc(Cl)ccc2c(=O)n1Cc1ccccc1)c1ccccc1. The van der Waals surface area contributed by atoms with E-state index in [-0.39, 0.29) is 23.3 Å². The van der Waals surface area contributed by atoms with Gasteiger partial charge in [-0.1, -0.05) is 84.0 Å². The van der Waals surface area contributed by atoms with Gasteiger partial charge in [0, 0.05) is 5.02 Å². The number of rotatable bonds is 7. The van der Waals surface area contributed by atoms with E-state index in [4.69, 9.17) is 11.6 Å². The highest BCUT2D eigenvalue weighted by molar-refractivity contribution is 7.99. The van der Waals surface area contributed by atoms with Crippen molar-refractivity contribution in [3.63, 3.8) is 0 Å². The second-order valence-electron chi connectivity index (χ2n) is 7.42. The van der Waals surface area contributed by atoms with Crippen molar-refractivity contribution in [1.29, 1.82) is 0 Å². The quantitative estimate of drug-likeness (QED) is 0.307. The minimum absolute atomic E-state index is 0.112. The Bertz CT molecular complexity index is 1290. The standard InChI is InChI=1S/C25H22ClN3O2S/c1-17(19-10-6-3-7-11-19)27-23(30)16-32-25-28-22-14-20(26)12-13-21(22)24(31)29(25)15-18-8-4-2-5-9-18/h2-14,17H,15-16H2,1H3,(H,27,30)/t17-/m1/s1. The van der Waals surface area contributed by atoms with Crippen LogP contribution in [0.15, 0.2) is 88.8 Å². The zero-order valence-corrected chi connectivity index (χ0v) is 19.1. The molecule has 3 aromatic carbocycles. The summed E-state index contributed by atoms with van der Waals surface area (Å²) < 4.78 is 1.62. The third-order valence-electron chi connectivity index (χ3n) is 5.08. The number of amides is 1. The summed E-state index contributed by atoms with van der Waals surface area (Å²) in [5.41, 5.74) is 2.38. The van der Waals surface area contributed by atoms with Crippen LogP contribution in [0.2, 0.25) is 5.02 Å². The Kier molecular flexibility index (Phi) is 6.93. The van der Waals surface area contributed by atoms with E-state index in [0.717, 1.165) is 11.1 Å². The average molecular weight is 464 g/mol. The van der Waals surface area contributed by atoms with Gasteiger partial charge in [0.15, 0.2) is 5.16 Å². The van der Waals surface area contributed by atoms with Crippen LogP contribution in [-0.2, 0) is 11.3 Å². The first-order valence-corrected chi connectivity index (χ1v) is 11.6. The molecule has 0 fully saturated rings. The summed E-state index contributed by atoms with van der Waals surface area (Å²) in [4.78, 5) is 30.5. The Hall–Kier alpha value is -3.09. The fourth-order valence-electron chi connectivity index (χ4n) is 3.43. The van der Waals surface area contributed by atoms with Crippen molar-refractivity contribution in [2.75, 3.05) is 5.75 Å². The molecule has 1 N–H and O–H groups in total. The largest absolute Gasteiger partial charge is 0.349 e. The number of hydrogen-bond acceptors (Lipinski definition) is 4. The summed E-state index contributed by atoms with van der Waals surface area (Å²) >= 11 is 7.36. The highest BCUT2D eigenvalue weighted by Gasteiger charge is 2.15. The number of nitrogens with one attached hydrogen (secondary N) is 1. The summed E-state index contributed by atoms with van der Waals surface area (Å²) in [5.74, 6) is 0.0165. The van der Waals surface area contributed by atoms with E-state index in [1.54, 1.807) is 22.8 Å². The van der Waals surface area contributed by atoms with E-state index >= 15 is 0 Å². The van der Waals surface area contributed by atoms with Crippen molar-refractivity contribution < 1.29 is 4.79 Å².